The summed E-state index contributed by atoms with van der Waals surface area (Å²) in [5.74, 6) is -0.0460. The number of hydrogen-bond donors (Lipinski definition) is 1. The zero-order chi connectivity index (χ0) is 18.7. The summed E-state index contributed by atoms with van der Waals surface area (Å²) in [7, 11) is 2.11. The highest BCUT2D eigenvalue weighted by atomic mass is 35.5. The van der Waals surface area contributed by atoms with Crippen LogP contribution in [0.5, 0.6) is 0 Å². The summed E-state index contributed by atoms with van der Waals surface area (Å²) in [6.45, 7) is 3.24. The van der Waals surface area contributed by atoms with Crippen LogP contribution in [0.3, 0.4) is 0 Å². The van der Waals surface area contributed by atoms with E-state index in [9.17, 15) is 14.9 Å². The molecule has 1 aliphatic heterocycles. The average Bonchev–Trinajstić information content (AvgIpc) is 2.63. The van der Waals surface area contributed by atoms with Gasteiger partial charge in [-0.05, 0) is 18.2 Å². The fourth-order valence-electron chi connectivity index (χ4n) is 2.85. The van der Waals surface area contributed by atoms with E-state index in [0.717, 1.165) is 24.9 Å². The van der Waals surface area contributed by atoms with Gasteiger partial charge in [0.2, 0.25) is 0 Å². The molecule has 1 aliphatic rings. The summed E-state index contributed by atoms with van der Waals surface area (Å²) in [6.07, 6.45) is 0. The predicted octanol–water partition coefficient (Wildman–Crippen LogP) is 2.37. The van der Waals surface area contributed by atoms with Crippen LogP contribution in [0.25, 0.3) is 0 Å². The highest BCUT2D eigenvalue weighted by Crippen LogP contribution is 2.41. The van der Waals surface area contributed by atoms with Gasteiger partial charge in [0.25, 0.3) is 11.6 Å². The zero-order valence-electron chi connectivity index (χ0n) is 14.3. The van der Waals surface area contributed by atoms with Crippen molar-refractivity contribution in [2.45, 2.75) is 9.79 Å². The predicted molar refractivity (Wildman–Crippen MR) is 101 cm³/mol. The average molecular weight is 393 g/mol. The van der Waals surface area contributed by atoms with E-state index in [1.165, 1.54) is 11.0 Å². The summed E-state index contributed by atoms with van der Waals surface area (Å²) in [6, 6.07) is 11.8. The van der Waals surface area contributed by atoms with Crippen LogP contribution >= 0.6 is 23.4 Å². The summed E-state index contributed by atoms with van der Waals surface area (Å²) in [5.41, 5.74) is 0.485. The van der Waals surface area contributed by atoms with E-state index >= 15 is 0 Å². The summed E-state index contributed by atoms with van der Waals surface area (Å²) >= 11 is 7.36. The maximum atomic E-state index is 13.0. The zero-order valence-corrected chi connectivity index (χ0v) is 15.8. The van der Waals surface area contributed by atoms with Gasteiger partial charge < -0.3 is 9.80 Å². The van der Waals surface area contributed by atoms with E-state index in [-0.39, 0.29) is 11.6 Å². The first kappa shape index (κ1) is 18.7. The summed E-state index contributed by atoms with van der Waals surface area (Å²) < 4.78 is 0. The number of nitrogens with zero attached hydrogens (tertiary/aromatic N) is 2. The lowest BCUT2D eigenvalue weighted by molar-refractivity contribution is -0.883. The molecule has 1 heterocycles. The minimum atomic E-state index is -0.456. The molecular formula is C18H19ClN3O3S+. The molecular weight excluding hydrogens is 374 g/mol. The van der Waals surface area contributed by atoms with Crippen molar-refractivity contribution in [3.05, 3.63) is 63.2 Å². The van der Waals surface area contributed by atoms with Crippen molar-refractivity contribution in [3.63, 3.8) is 0 Å². The molecule has 1 amide bonds. The van der Waals surface area contributed by atoms with Crippen LogP contribution in [-0.2, 0) is 0 Å². The highest BCUT2D eigenvalue weighted by molar-refractivity contribution is 7.99. The molecule has 3 rings (SSSR count). The number of nitro benzene ring substituents is 1. The molecule has 0 aromatic heterocycles. The normalized spacial score (nSPS) is 15.1. The van der Waals surface area contributed by atoms with Gasteiger partial charge in [-0.3, -0.25) is 14.9 Å². The second-order valence-electron chi connectivity index (χ2n) is 6.19. The first-order valence-electron chi connectivity index (χ1n) is 8.27. The van der Waals surface area contributed by atoms with Crippen LogP contribution in [0.1, 0.15) is 10.4 Å². The first-order chi connectivity index (χ1) is 12.5. The molecule has 6 nitrogen and oxygen atoms in total. The third kappa shape index (κ3) is 4.00. The molecule has 0 bridgehead atoms. The van der Waals surface area contributed by atoms with Gasteiger partial charge in [0.15, 0.2) is 0 Å². The maximum Gasteiger partial charge on any atom is 0.284 e. The fraction of sp³-hybridized carbons (Fsp3) is 0.278. The number of piperazine rings is 1. The number of rotatable bonds is 4. The lowest BCUT2D eigenvalue weighted by Crippen LogP contribution is -3.12. The van der Waals surface area contributed by atoms with Gasteiger partial charge >= 0.3 is 0 Å². The topological polar surface area (TPSA) is 67.9 Å². The molecule has 0 radical (unpaired) electrons. The van der Waals surface area contributed by atoms with Crippen molar-refractivity contribution in [2.75, 3.05) is 33.2 Å². The van der Waals surface area contributed by atoms with Gasteiger partial charge in [0, 0.05) is 11.0 Å². The Bertz CT molecular complexity index is 838. The van der Waals surface area contributed by atoms with Crippen LogP contribution in [0.4, 0.5) is 5.69 Å². The molecule has 1 saturated heterocycles. The molecule has 0 atom stereocenters. The number of carbonyl (C=O) groups excluding carboxylic acids is 1. The molecule has 26 heavy (non-hydrogen) atoms. The molecule has 136 valence electrons. The van der Waals surface area contributed by atoms with Crippen LogP contribution in [0, 0.1) is 10.1 Å². The SMILES string of the molecule is C[NH+]1CCN(C(=O)c2ccccc2Sc2c(Cl)cccc2[N+](=O)[O-])CC1. The van der Waals surface area contributed by atoms with Gasteiger partial charge in [-0.1, -0.05) is 41.6 Å². The first-order valence-corrected chi connectivity index (χ1v) is 9.47. The molecule has 0 spiro atoms. The van der Waals surface area contributed by atoms with E-state index in [0.29, 0.717) is 33.5 Å². The third-order valence-corrected chi connectivity index (χ3v) is 6.01. The van der Waals surface area contributed by atoms with Crippen LogP contribution in [0.15, 0.2) is 52.3 Å². The largest absolute Gasteiger partial charge is 0.334 e. The Labute approximate surface area is 160 Å². The van der Waals surface area contributed by atoms with E-state index in [4.69, 9.17) is 11.6 Å². The summed E-state index contributed by atoms with van der Waals surface area (Å²) in [5, 5.41) is 11.6. The number of benzene rings is 2. The van der Waals surface area contributed by atoms with Crippen molar-refractivity contribution in [2.24, 2.45) is 0 Å². The van der Waals surface area contributed by atoms with E-state index in [1.54, 1.807) is 30.3 Å². The fourth-order valence-corrected chi connectivity index (χ4v) is 4.18. The minimum absolute atomic E-state index is 0.0460. The molecule has 8 heteroatoms. The number of amides is 1. The minimum Gasteiger partial charge on any atom is -0.334 e. The van der Waals surface area contributed by atoms with Gasteiger partial charge in [-0.25, -0.2) is 0 Å². The molecule has 1 fully saturated rings. The molecule has 0 unspecified atom stereocenters. The molecule has 2 aromatic rings. The number of likely N-dealkylation sites (N-methyl/N-ethyl adjacent to an activating group) is 1. The second-order valence-corrected chi connectivity index (χ2v) is 7.65. The van der Waals surface area contributed by atoms with Crippen molar-refractivity contribution < 1.29 is 14.6 Å². The number of quaternary nitrogens is 1. The van der Waals surface area contributed by atoms with Crippen molar-refractivity contribution >= 4 is 35.0 Å². The van der Waals surface area contributed by atoms with Crippen molar-refractivity contribution in [1.29, 1.82) is 0 Å². The Balaban J connectivity index is 1.91. The lowest BCUT2D eigenvalue weighted by atomic mass is 10.2. The van der Waals surface area contributed by atoms with Crippen LogP contribution in [0.2, 0.25) is 5.02 Å². The second kappa shape index (κ2) is 8.07. The Morgan fingerprint density at radius 1 is 1.19 bits per heavy atom. The standard InChI is InChI=1S/C18H18ClN3O3S/c1-20-9-11-21(12-10-20)18(23)13-5-2-3-8-16(13)26-17-14(19)6-4-7-15(17)22(24)25/h2-8H,9-12H2,1H3/p+1. The van der Waals surface area contributed by atoms with Crippen molar-refractivity contribution in [3.8, 4) is 0 Å². The molecule has 1 N–H and O–H groups in total. The number of nitrogens with one attached hydrogen (secondary N) is 1. The number of hydrogen-bond acceptors (Lipinski definition) is 4. The van der Waals surface area contributed by atoms with Gasteiger partial charge in [-0.15, -0.1) is 0 Å². The van der Waals surface area contributed by atoms with Gasteiger partial charge in [-0.2, -0.15) is 0 Å². The van der Waals surface area contributed by atoms with Gasteiger partial charge in [0.05, 0.1) is 48.7 Å². The van der Waals surface area contributed by atoms with Crippen LogP contribution in [-0.4, -0.2) is 49.0 Å². The third-order valence-electron chi connectivity index (χ3n) is 4.38. The smallest absolute Gasteiger partial charge is 0.284 e. The molecule has 2 aromatic carbocycles. The monoisotopic (exact) mass is 392 g/mol. The molecule has 0 saturated carbocycles. The van der Waals surface area contributed by atoms with Gasteiger partial charge in [0.1, 0.15) is 4.90 Å². The maximum absolute atomic E-state index is 13.0. The highest BCUT2D eigenvalue weighted by Gasteiger charge is 2.26. The van der Waals surface area contributed by atoms with E-state index in [2.05, 4.69) is 7.05 Å². The number of carbonyl (C=O) groups is 1. The van der Waals surface area contributed by atoms with E-state index in [1.807, 2.05) is 11.0 Å². The Morgan fingerprint density at radius 3 is 2.58 bits per heavy atom. The Hall–Kier alpha value is -2.09. The number of nitro groups is 1. The van der Waals surface area contributed by atoms with Crippen LogP contribution < -0.4 is 4.90 Å². The summed E-state index contributed by atoms with van der Waals surface area (Å²) in [4.78, 5) is 28.1. The van der Waals surface area contributed by atoms with E-state index < -0.39 is 4.92 Å². The quantitative estimate of drug-likeness (QED) is 0.640. The molecule has 0 aliphatic carbocycles. The number of halogens is 1. The Kier molecular flexibility index (Phi) is 5.80. The lowest BCUT2D eigenvalue weighted by Gasteiger charge is -2.30. The Morgan fingerprint density at radius 2 is 1.88 bits per heavy atom. The van der Waals surface area contributed by atoms with Crippen molar-refractivity contribution in [1.82, 2.24) is 4.90 Å².